The lowest BCUT2D eigenvalue weighted by Gasteiger charge is -2.72. The van der Waals surface area contributed by atoms with Gasteiger partial charge in [-0.25, -0.2) is 23.5 Å². The first-order valence-corrected chi connectivity index (χ1v) is 20.4. The summed E-state index contributed by atoms with van der Waals surface area (Å²) in [6, 6.07) is 6.44. The third kappa shape index (κ3) is 4.48. The highest BCUT2D eigenvalue weighted by atomic mass is 16.5. The van der Waals surface area contributed by atoms with Crippen LogP contribution < -0.4 is 11.4 Å². The first kappa shape index (κ1) is 37.2. The van der Waals surface area contributed by atoms with Gasteiger partial charge in [-0.15, -0.1) is 0 Å². The van der Waals surface area contributed by atoms with Gasteiger partial charge >= 0.3 is 23.3 Å². The van der Waals surface area contributed by atoms with Gasteiger partial charge in [-0.1, -0.05) is 48.5 Å². The van der Waals surface area contributed by atoms with E-state index >= 15 is 9.59 Å². The molecule has 5 aliphatic carbocycles. The van der Waals surface area contributed by atoms with Crippen molar-refractivity contribution in [1.29, 1.82) is 0 Å². The fourth-order valence-corrected chi connectivity index (χ4v) is 14.3. The van der Waals surface area contributed by atoms with Crippen LogP contribution in [0.25, 0.3) is 5.69 Å². The SMILES string of the molecule is CC(=O)OC[C@]12CCC3(C(C)C)C1=C1C(CC4[C@@]5(C)CC[C@H](OC(C)=O)C(C)(C)[C@@H]5CC[C@@]4(C)[C@]1(C)CC2)n1c(=O)n(-c2ccc(C(C)=O)cc2)c(=O)n13. The maximum atomic E-state index is 15.2. The Morgan fingerprint density at radius 2 is 1.48 bits per heavy atom. The van der Waals surface area contributed by atoms with E-state index in [1.807, 2.05) is 9.36 Å². The fraction of sp³-hybridized carbons (Fsp3) is 0.705. The number of ketones is 1. The number of allylic oxidation sites excluding steroid dienone is 1. The number of hydrogen-bond donors (Lipinski definition) is 0. The van der Waals surface area contributed by atoms with E-state index in [4.69, 9.17) is 9.47 Å². The molecule has 10 heteroatoms. The topological polar surface area (TPSA) is 119 Å². The summed E-state index contributed by atoms with van der Waals surface area (Å²) in [5.41, 5.74) is 0.906. The van der Waals surface area contributed by atoms with Crippen molar-refractivity contribution in [1.82, 2.24) is 13.9 Å². The fourth-order valence-electron chi connectivity index (χ4n) is 14.3. The Morgan fingerprint density at radius 3 is 2.09 bits per heavy atom. The predicted octanol–water partition coefficient (Wildman–Crippen LogP) is 7.54. The molecule has 2 heterocycles. The van der Waals surface area contributed by atoms with Crippen molar-refractivity contribution >= 4 is 17.7 Å². The summed E-state index contributed by atoms with van der Waals surface area (Å²) in [4.78, 5) is 67.3. The van der Waals surface area contributed by atoms with E-state index in [9.17, 15) is 14.4 Å². The lowest BCUT2D eigenvalue weighted by Crippen LogP contribution is -2.67. The molecule has 8 rings (SSSR count). The van der Waals surface area contributed by atoms with E-state index in [1.54, 1.807) is 24.3 Å². The standard InChI is InChI=1S/C44H59N3O7/c1-25(2)44-22-21-43(24-53-27(4)49)20-19-42(10)35(36(43)44)31(46-37(51)45(38(52)47(44)46)30-13-11-29(12-14-30)26(3)48)23-33-40(8)17-16-34(54-28(5)50)39(6,7)32(40)15-18-41(33,42)9/h11-14,25,31-34H,15-24H2,1-10H3/t31?,32-,33?,34-,40-,41+,42+,43-,44?/m0/s1. The van der Waals surface area contributed by atoms with E-state index < -0.39 is 11.0 Å². The molecule has 9 atom stereocenters. The molecule has 6 aliphatic rings. The van der Waals surface area contributed by atoms with Crippen LogP contribution in [0.5, 0.6) is 0 Å². The molecule has 0 N–H and O–H groups in total. The number of fused-ring (bicyclic) bond motifs is 7. The lowest BCUT2D eigenvalue weighted by atomic mass is 9.33. The summed E-state index contributed by atoms with van der Waals surface area (Å²) in [5.74, 6) is -0.120. The van der Waals surface area contributed by atoms with Crippen molar-refractivity contribution in [3.8, 4) is 5.69 Å². The van der Waals surface area contributed by atoms with Gasteiger partial charge in [-0.2, -0.15) is 0 Å². The molecule has 2 aromatic rings. The highest BCUT2D eigenvalue weighted by Gasteiger charge is 2.73. The molecule has 3 unspecified atom stereocenters. The van der Waals surface area contributed by atoms with Crippen molar-refractivity contribution in [3.63, 3.8) is 0 Å². The van der Waals surface area contributed by atoms with E-state index in [0.717, 1.165) is 51.4 Å². The summed E-state index contributed by atoms with van der Waals surface area (Å²) in [6.45, 7) is 21.1. The van der Waals surface area contributed by atoms with Crippen LogP contribution in [0.3, 0.4) is 0 Å². The number of nitrogens with zero attached hydrogens (tertiary/aromatic N) is 3. The normalized spacial score (nSPS) is 38.6. The number of carbonyl (C=O) groups is 3. The summed E-state index contributed by atoms with van der Waals surface area (Å²) >= 11 is 0. The minimum Gasteiger partial charge on any atom is -0.465 e. The van der Waals surface area contributed by atoms with Gasteiger partial charge in [-0.3, -0.25) is 14.4 Å². The maximum Gasteiger partial charge on any atom is 0.352 e. The van der Waals surface area contributed by atoms with Gasteiger partial charge in [0.05, 0.1) is 17.3 Å². The van der Waals surface area contributed by atoms with Crippen molar-refractivity contribution in [2.24, 2.45) is 44.8 Å². The third-order valence-corrected chi connectivity index (χ3v) is 17.0. The Balaban J connectivity index is 1.39. The second-order valence-corrected chi connectivity index (χ2v) is 19.7. The van der Waals surface area contributed by atoms with Crippen LogP contribution in [0.4, 0.5) is 0 Å². The maximum absolute atomic E-state index is 15.2. The van der Waals surface area contributed by atoms with Crippen molar-refractivity contribution < 1.29 is 23.9 Å². The summed E-state index contributed by atoms with van der Waals surface area (Å²) in [6.07, 6.45) is 7.54. The van der Waals surface area contributed by atoms with Gasteiger partial charge in [0.1, 0.15) is 12.7 Å². The molecule has 4 saturated carbocycles. The van der Waals surface area contributed by atoms with Crippen LogP contribution in [0.1, 0.15) is 143 Å². The van der Waals surface area contributed by atoms with Gasteiger partial charge in [0.15, 0.2) is 5.78 Å². The number of ether oxygens (including phenoxy) is 2. The molecule has 10 nitrogen and oxygen atoms in total. The Hall–Kier alpha value is -3.69. The third-order valence-electron chi connectivity index (χ3n) is 17.0. The first-order chi connectivity index (χ1) is 25.2. The van der Waals surface area contributed by atoms with Crippen LogP contribution in [-0.4, -0.2) is 44.4 Å². The average molecular weight is 742 g/mol. The minimum absolute atomic E-state index is 0.0297. The zero-order valence-electron chi connectivity index (χ0n) is 34.0. The number of hydrogen-bond acceptors (Lipinski definition) is 7. The van der Waals surface area contributed by atoms with Crippen LogP contribution in [0.2, 0.25) is 0 Å². The van der Waals surface area contributed by atoms with Crippen molar-refractivity contribution in [2.75, 3.05) is 6.61 Å². The van der Waals surface area contributed by atoms with Crippen LogP contribution >= 0.6 is 0 Å². The molecule has 1 aromatic carbocycles. The zero-order valence-corrected chi connectivity index (χ0v) is 34.0. The molecule has 1 aliphatic heterocycles. The second kappa shape index (κ2) is 11.7. The highest BCUT2D eigenvalue weighted by Crippen LogP contribution is 2.79. The lowest BCUT2D eigenvalue weighted by molar-refractivity contribution is -0.218. The van der Waals surface area contributed by atoms with Crippen LogP contribution in [0, 0.1) is 44.8 Å². The monoisotopic (exact) mass is 741 g/mol. The summed E-state index contributed by atoms with van der Waals surface area (Å²) in [5, 5.41) is 0. The van der Waals surface area contributed by atoms with E-state index in [2.05, 4.69) is 48.5 Å². The number of carbonyl (C=O) groups excluding carboxylic acids is 3. The van der Waals surface area contributed by atoms with Gasteiger partial charge in [0, 0.05) is 30.2 Å². The van der Waals surface area contributed by atoms with Crippen molar-refractivity contribution in [2.45, 2.75) is 145 Å². The number of benzene rings is 1. The number of rotatable bonds is 6. The van der Waals surface area contributed by atoms with Gasteiger partial charge in [0.2, 0.25) is 0 Å². The molecule has 292 valence electrons. The summed E-state index contributed by atoms with van der Waals surface area (Å²) < 4.78 is 17.0. The molecule has 54 heavy (non-hydrogen) atoms. The van der Waals surface area contributed by atoms with Gasteiger partial charge in [-0.05, 0) is 134 Å². The molecular formula is C44H59N3O7. The summed E-state index contributed by atoms with van der Waals surface area (Å²) in [7, 11) is 0. The molecule has 0 saturated heterocycles. The smallest absolute Gasteiger partial charge is 0.352 e. The molecule has 0 radical (unpaired) electrons. The number of esters is 2. The Morgan fingerprint density at radius 1 is 0.815 bits per heavy atom. The van der Waals surface area contributed by atoms with E-state index in [-0.39, 0.29) is 81.3 Å². The van der Waals surface area contributed by atoms with Gasteiger partial charge in [0.25, 0.3) is 0 Å². The van der Waals surface area contributed by atoms with Crippen LogP contribution in [-0.2, 0) is 24.6 Å². The number of Topliss-reactive ketones (excluding diaryl/α,β-unsaturated/α-hetero) is 1. The van der Waals surface area contributed by atoms with Crippen LogP contribution in [0.15, 0.2) is 45.0 Å². The molecular weight excluding hydrogens is 682 g/mol. The largest absolute Gasteiger partial charge is 0.465 e. The highest BCUT2D eigenvalue weighted by molar-refractivity contribution is 5.94. The Bertz CT molecular complexity index is 2120. The predicted molar refractivity (Wildman–Crippen MR) is 204 cm³/mol. The molecule has 0 bridgehead atoms. The Labute approximate surface area is 318 Å². The number of aromatic nitrogens is 3. The zero-order chi connectivity index (χ0) is 39.1. The first-order valence-electron chi connectivity index (χ1n) is 20.4. The van der Waals surface area contributed by atoms with E-state index in [1.165, 1.54) is 36.5 Å². The van der Waals surface area contributed by atoms with Crippen molar-refractivity contribution in [3.05, 3.63) is 61.9 Å². The molecule has 1 aromatic heterocycles. The second-order valence-electron chi connectivity index (χ2n) is 19.7. The molecule has 0 spiro atoms. The average Bonchev–Trinajstić information content (AvgIpc) is 3.58. The minimum atomic E-state index is -0.775. The van der Waals surface area contributed by atoms with Gasteiger partial charge < -0.3 is 9.47 Å². The molecule has 4 fully saturated rings. The van der Waals surface area contributed by atoms with E-state index in [0.29, 0.717) is 23.6 Å². The molecule has 0 amide bonds. The Kier molecular flexibility index (Phi) is 8.05. The quantitative estimate of drug-likeness (QED) is 0.171.